The monoisotopic (exact) mass is 348 g/mol. The summed E-state index contributed by atoms with van der Waals surface area (Å²) in [5, 5.41) is 14.8. The molecule has 0 bridgehead atoms. The van der Waals surface area contributed by atoms with E-state index >= 15 is 0 Å². The summed E-state index contributed by atoms with van der Waals surface area (Å²) in [5.41, 5.74) is 4.85. The summed E-state index contributed by atoms with van der Waals surface area (Å²) >= 11 is 0. The third kappa shape index (κ3) is 3.54. The highest BCUT2D eigenvalue weighted by Gasteiger charge is 2.18. The maximum absolute atomic E-state index is 10.5. The number of β-amino-alcohol motifs (C(OH)–C–C–N with tert-alkyl or cyclic N) is 1. The standard InChI is InChI=1S/C21H24N4O/c1-15-5-4-8-19-20(15)21(24-14-23-19)22-11-18(26)13-25-10-9-16-6-2-3-7-17(16)12-25/h2-8,14,18,26H,9-13H2,1H3,(H,22,23,24)/t18-/m0/s1. The van der Waals surface area contributed by atoms with Crippen LogP contribution >= 0.6 is 0 Å². The highest BCUT2D eigenvalue weighted by Crippen LogP contribution is 2.23. The summed E-state index contributed by atoms with van der Waals surface area (Å²) in [6.07, 6.45) is 2.17. The van der Waals surface area contributed by atoms with Crippen LogP contribution in [0, 0.1) is 6.92 Å². The summed E-state index contributed by atoms with van der Waals surface area (Å²) in [6.45, 7) is 5.08. The maximum atomic E-state index is 10.5. The highest BCUT2D eigenvalue weighted by molar-refractivity contribution is 5.91. The summed E-state index contributed by atoms with van der Waals surface area (Å²) in [5.74, 6) is 0.788. The van der Waals surface area contributed by atoms with Crippen LogP contribution in [0.3, 0.4) is 0 Å². The van der Waals surface area contributed by atoms with E-state index in [1.54, 1.807) is 6.33 Å². The third-order valence-corrected chi connectivity index (χ3v) is 5.06. The molecule has 0 amide bonds. The van der Waals surface area contributed by atoms with E-state index in [1.807, 2.05) is 12.1 Å². The second kappa shape index (κ2) is 7.40. The molecule has 1 aliphatic rings. The van der Waals surface area contributed by atoms with Crippen LogP contribution in [0.2, 0.25) is 0 Å². The first-order chi connectivity index (χ1) is 12.7. The van der Waals surface area contributed by atoms with E-state index in [2.05, 4.69) is 57.4 Å². The lowest BCUT2D eigenvalue weighted by atomic mass is 10.00. The Labute approximate surface area is 153 Å². The largest absolute Gasteiger partial charge is 0.390 e. The van der Waals surface area contributed by atoms with Gasteiger partial charge in [0.2, 0.25) is 0 Å². The molecule has 0 fully saturated rings. The van der Waals surface area contributed by atoms with Crippen LogP contribution in [0.25, 0.3) is 10.9 Å². The molecule has 1 aliphatic heterocycles. The zero-order chi connectivity index (χ0) is 17.9. The van der Waals surface area contributed by atoms with Crippen LogP contribution in [0.15, 0.2) is 48.8 Å². The summed E-state index contributed by atoms with van der Waals surface area (Å²) < 4.78 is 0. The molecule has 134 valence electrons. The van der Waals surface area contributed by atoms with Crippen LogP contribution in [0.1, 0.15) is 16.7 Å². The van der Waals surface area contributed by atoms with Crippen molar-refractivity contribution in [3.63, 3.8) is 0 Å². The van der Waals surface area contributed by atoms with Crippen LogP contribution in [0.5, 0.6) is 0 Å². The van der Waals surface area contributed by atoms with Crippen LogP contribution in [-0.4, -0.2) is 45.7 Å². The number of aromatic nitrogens is 2. The fraction of sp³-hybridized carbons (Fsp3) is 0.333. The van der Waals surface area contributed by atoms with E-state index in [4.69, 9.17) is 0 Å². The van der Waals surface area contributed by atoms with Crippen LogP contribution in [0.4, 0.5) is 5.82 Å². The lowest BCUT2D eigenvalue weighted by Crippen LogP contribution is -2.39. The van der Waals surface area contributed by atoms with Crippen LogP contribution < -0.4 is 5.32 Å². The van der Waals surface area contributed by atoms with Gasteiger partial charge in [-0.3, -0.25) is 4.90 Å². The van der Waals surface area contributed by atoms with Crippen LogP contribution in [-0.2, 0) is 13.0 Å². The van der Waals surface area contributed by atoms with Crippen molar-refractivity contribution < 1.29 is 5.11 Å². The summed E-state index contributed by atoms with van der Waals surface area (Å²) in [4.78, 5) is 11.0. The number of rotatable bonds is 5. The zero-order valence-electron chi connectivity index (χ0n) is 15.0. The minimum Gasteiger partial charge on any atom is -0.390 e. The molecule has 2 N–H and O–H groups in total. The Kier molecular flexibility index (Phi) is 4.82. The van der Waals surface area contributed by atoms with Gasteiger partial charge in [-0.2, -0.15) is 0 Å². The number of nitrogens with zero attached hydrogens (tertiary/aromatic N) is 3. The number of aliphatic hydroxyl groups excluding tert-OH is 1. The Bertz CT molecular complexity index is 906. The van der Waals surface area contributed by atoms with E-state index in [0.717, 1.165) is 41.8 Å². The molecule has 2 heterocycles. The molecule has 1 atom stereocenters. The quantitative estimate of drug-likeness (QED) is 0.742. The Morgan fingerprint density at radius 2 is 1.96 bits per heavy atom. The van der Waals surface area contributed by atoms with Crippen molar-refractivity contribution in [2.75, 3.05) is 25.0 Å². The van der Waals surface area contributed by atoms with Crippen molar-refractivity contribution in [2.24, 2.45) is 0 Å². The number of aliphatic hydroxyl groups is 1. The number of benzene rings is 2. The second-order valence-corrected chi connectivity index (χ2v) is 6.98. The van der Waals surface area contributed by atoms with E-state index in [1.165, 1.54) is 11.1 Å². The van der Waals surface area contributed by atoms with Gasteiger partial charge in [0.05, 0.1) is 11.6 Å². The van der Waals surface area contributed by atoms with Gasteiger partial charge in [-0.1, -0.05) is 36.4 Å². The van der Waals surface area contributed by atoms with E-state index in [-0.39, 0.29) is 0 Å². The smallest absolute Gasteiger partial charge is 0.137 e. The SMILES string of the molecule is Cc1cccc2ncnc(NC[C@H](O)CN3CCc4ccccc4C3)c12. The maximum Gasteiger partial charge on any atom is 0.137 e. The predicted molar refractivity (Wildman–Crippen MR) is 104 cm³/mol. The molecule has 4 rings (SSSR count). The van der Waals surface area contributed by atoms with Crippen molar-refractivity contribution in [1.82, 2.24) is 14.9 Å². The van der Waals surface area contributed by atoms with E-state index in [9.17, 15) is 5.11 Å². The minimum absolute atomic E-state index is 0.450. The molecule has 1 aromatic heterocycles. The Balaban J connectivity index is 1.39. The van der Waals surface area contributed by atoms with Crippen molar-refractivity contribution in [3.05, 3.63) is 65.5 Å². The number of hydrogen-bond acceptors (Lipinski definition) is 5. The topological polar surface area (TPSA) is 61.3 Å². The van der Waals surface area contributed by atoms with E-state index in [0.29, 0.717) is 13.1 Å². The number of aryl methyl sites for hydroxylation is 1. The fourth-order valence-corrected chi connectivity index (χ4v) is 3.70. The molecule has 2 aromatic carbocycles. The third-order valence-electron chi connectivity index (χ3n) is 5.06. The van der Waals surface area contributed by atoms with Crippen molar-refractivity contribution in [2.45, 2.75) is 26.0 Å². The second-order valence-electron chi connectivity index (χ2n) is 6.98. The van der Waals surface area contributed by atoms with E-state index < -0.39 is 6.10 Å². The average molecular weight is 348 g/mol. The first kappa shape index (κ1) is 16.9. The Morgan fingerprint density at radius 3 is 2.85 bits per heavy atom. The summed E-state index contributed by atoms with van der Waals surface area (Å²) in [6, 6.07) is 14.6. The van der Waals surface area contributed by atoms with Gasteiger partial charge in [0.25, 0.3) is 0 Å². The van der Waals surface area contributed by atoms with Gasteiger partial charge in [-0.15, -0.1) is 0 Å². The predicted octanol–water partition coefficient (Wildman–Crippen LogP) is 2.77. The molecule has 0 unspecified atom stereocenters. The molecule has 26 heavy (non-hydrogen) atoms. The van der Waals surface area contributed by atoms with Gasteiger partial charge < -0.3 is 10.4 Å². The van der Waals surface area contributed by atoms with Gasteiger partial charge in [0, 0.05) is 31.6 Å². The molecule has 5 nitrogen and oxygen atoms in total. The molecule has 0 radical (unpaired) electrons. The van der Waals surface area contributed by atoms with Gasteiger partial charge >= 0.3 is 0 Å². The van der Waals surface area contributed by atoms with Gasteiger partial charge in [-0.05, 0) is 36.1 Å². The fourth-order valence-electron chi connectivity index (χ4n) is 3.70. The first-order valence-electron chi connectivity index (χ1n) is 9.12. The first-order valence-corrected chi connectivity index (χ1v) is 9.12. The summed E-state index contributed by atoms with van der Waals surface area (Å²) in [7, 11) is 0. The Hall–Kier alpha value is -2.50. The molecule has 0 aliphatic carbocycles. The van der Waals surface area contributed by atoms with Gasteiger partial charge in [0.15, 0.2) is 0 Å². The number of nitrogens with one attached hydrogen (secondary N) is 1. The lowest BCUT2D eigenvalue weighted by molar-refractivity contribution is 0.114. The highest BCUT2D eigenvalue weighted by atomic mass is 16.3. The molecular weight excluding hydrogens is 324 g/mol. The Morgan fingerprint density at radius 1 is 1.12 bits per heavy atom. The van der Waals surface area contributed by atoms with Gasteiger partial charge in [-0.25, -0.2) is 9.97 Å². The average Bonchev–Trinajstić information content (AvgIpc) is 2.66. The number of fused-ring (bicyclic) bond motifs is 2. The molecule has 5 heteroatoms. The minimum atomic E-state index is -0.450. The van der Waals surface area contributed by atoms with Crippen molar-refractivity contribution >= 4 is 16.7 Å². The molecule has 3 aromatic rings. The molecule has 0 saturated carbocycles. The number of anilines is 1. The lowest BCUT2D eigenvalue weighted by Gasteiger charge is -2.30. The van der Waals surface area contributed by atoms with Crippen molar-refractivity contribution in [3.8, 4) is 0 Å². The molecular formula is C21H24N4O. The van der Waals surface area contributed by atoms with Gasteiger partial charge in [0.1, 0.15) is 12.1 Å². The zero-order valence-corrected chi connectivity index (χ0v) is 15.0. The van der Waals surface area contributed by atoms with Crippen molar-refractivity contribution in [1.29, 1.82) is 0 Å². The number of hydrogen-bond donors (Lipinski definition) is 2. The molecule has 0 spiro atoms. The molecule has 0 saturated heterocycles. The normalized spacial score (nSPS) is 15.6.